The van der Waals surface area contributed by atoms with Gasteiger partial charge in [-0.05, 0) is 6.08 Å². The fraction of sp³-hybridized carbons (Fsp3) is 0.286. The van der Waals surface area contributed by atoms with Gasteiger partial charge in [0.05, 0.1) is 19.9 Å². The first kappa shape index (κ1) is 8.45. The minimum atomic E-state index is -0.391. The van der Waals surface area contributed by atoms with E-state index in [1.54, 1.807) is 0 Å². The summed E-state index contributed by atoms with van der Waals surface area (Å²) in [4.78, 5) is 25.1. The Labute approximate surface area is 69.1 Å². The van der Waals surface area contributed by atoms with Crippen LogP contribution in [0.15, 0.2) is 16.8 Å². The highest BCUT2D eigenvalue weighted by Gasteiger charge is 2.11. The van der Waals surface area contributed by atoms with Crippen LogP contribution in [0.25, 0.3) is 0 Å². The zero-order valence-corrected chi connectivity index (χ0v) is 6.53. The van der Waals surface area contributed by atoms with Gasteiger partial charge in [-0.15, -0.1) is 0 Å². The van der Waals surface area contributed by atoms with E-state index >= 15 is 0 Å². The second-order valence-electron chi connectivity index (χ2n) is 2.10. The van der Waals surface area contributed by atoms with Gasteiger partial charge in [-0.25, -0.2) is 4.99 Å². The standard InChI is InChI=1S/C7H8N2O3/c1-12-6(10)3-2-5-7(11)9-4-8-5/h2,4H,3H2,1H3,(H,8,9,11). The molecule has 0 fully saturated rings. The van der Waals surface area contributed by atoms with Gasteiger partial charge in [-0.3, -0.25) is 9.59 Å². The molecule has 0 bridgehead atoms. The Balaban J connectivity index is 2.52. The van der Waals surface area contributed by atoms with Gasteiger partial charge < -0.3 is 10.1 Å². The zero-order valence-electron chi connectivity index (χ0n) is 6.53. The fourth-order valence-corrected chi connectivity index (χ4v) is 0.702. The average Bonchev–Trinajstić information content (AvgIpc) is 2.47. The van der Waals surface area contributed by atoms with E-state index in [1.807, 2.05) is 0 Å². The van der Waals surface area contributed by atoms with Gasteiger partial charge in [0.1, 0.15) is 5.70 Å². The molecule has 0 aliphatic carbocycles. The van der Waals surface area contributed by atoms with Crippen molar-refractivity contribution in [3.8, 4) is 0 Å². The van der Waals surface area contributed by atoms with Crippen LogP contribution in [-0.2, 0) is 14.3 Å². The predicted octanol–water partition coefficient (Wildman–Crippen LogP) is -0.409. The molecule has 0 spiro atoms. The van der Waals surface area contributed by atoms with Crippen LogP contribution in [0.1, 0.15) is 6.42 Å². The van der Waals surface area contributed by atoms with Gasteiger partial charge in [0.15, 0.2) is 0 Å². The summed E-state index contributed by atoms with van der Waals surface area (Å²) in [6.45, 7) is 0. The molecule has 5 heteroatoms. The van der Waals surface area contributed by atoms with Crippen LogP contribution in [0.5, 0.6) is 0 Å². The highest BCUT2D eigenvalue weighted by molar-refractivity contribution is 6.05. The number of rotatable bonds is 2. The minimum Gasteiger partial charge on any atom is -0.469 e. The Morgan fingerprint density at radius 3 is 3.08 bits per heavy atom. The summed E-state index contributed by atoms with van der Waals surface area (Å²) in [7, 11) is 1.29. The van der Waals surface area contributed by atoms with Crippen molar-refractivity contribution in [1.29, 1.82) is 0 Å². The predicted molar refractivity (Wildman–Crippen MR) is 41.4 cm³/mol. The van der Waals surface area contributed by atoms with Crippen molar-refractivity contribution in [3.05, 3.63) is 11.8 Å². The molecule has 5 nitrogen and oxygen atoms in total. The van der Waals surface area contributed by atoms with E-state index in [0.29, 0.717) is 0 Å². The van der Waals surface area contributed by atoms with Crippen molar-refractivity contribution in [2.24, 2.45) is 4.99 Å². The lowest BCUT2D eigenvalue weighted by Gasteiger charge is -1.93. The molecular formula is C7H8N2O3. The van der Waals surface area contributed by atoms with Crippen LogP contribution < -0.4 is 5.32 Å². The van der Waals surface area contributed by atoms with E-state index in [-0.39, 0.29) is 18.0 Å². The van der Waals surface area contributed by atoms with Crippen LogP contribution in [0.2, 0.25) is 0 Å². The number of esters is 1. The first-order valence-electron chi connectivity index (χ1n) is 3.34. The highest BCUT2D eigenvalue weighted by atomic mass is 16.5. The van der Waals surface area contributed by atoms with Gasteiger partial charge >= 0.3 is 5.97 Å². The topological polar surface area (TPSA) is 67.8 Å². The smallest absolute Gasteiger partial charge is 0.309 e. The number of ether oxygens (including phenoxy) is 1. The average molecular weight is 168 g/mol. The van der Waals surface area contributed by atoms with Crippen LogP contribution in [0.4, 0.5) is 0 Å². The SMILES string of the molecule is COC(=O)CC=C1N=CNC1=O. The molecule has 0 atom stereocenters. The summed E-state index contributed by atoms with van der Waals surface area (Å²) in [5.74, 6) is -0.684. The van der Waals surface area contributed by atoms with Crippen LogP contribution in [0.3, 0.4) is 0 Å². The molecule has 0 saturated heterocycles. The molecule has 1 heterocycles. The Kier molecular flexibility index (Phi) is 2.57. The molecule has 1 amide bonds. The Morgan fingerprint density at radius 1 is 1.83 bits per heavy atom. The number of nitrogens with zero attached hydrogens (tertiary/aromatic N) is 1. The van der Waals surface area contributed by atoms with Crippen molar-refractivity contribution in [2.75, 3.05) is 7.11 Å². The number of methoxy groups -OCH3 is 1. The molecule has 1 aliphatic rings. The molecule has 0 aromatic rings. The van der Waals surface area contributed by atoms with Crippen molar-refractivity contribution in [3.63, 3.8) is 0 Å². The summed E-state index contributed by atoms with van der Waals surface area (Å²) in [5, 5.41) is 2.36. The van der Waals surface area contributed by atoms with Gasteiger partial charge in [-0.2, -0.15) is 0 Å². The lowest BCUT2D eigenvalue weighted by atomic mass is 10.3. The number of carbonyl (C=O) groups excluding carboxylic acids is 2. The van der Waals surface area contributed by atoms with E-state index in [9.17, 15) is 9.59 Å². The Hall–Kier alpha value is -1.65. The fourth-order valence-electron chi connectivity index (χ4n) is 0.702. The quantitative estimate of drug-likeness (QED) is 0.450. The molecule has 12 heavy (non-hydrogen) atoms. The summed E-state index contributed by atoms with van der Waals surface area (Å²) in [6, 6.07) is 0. The van der Waals surface area contributed by atoms with Gasteiger partial charge in [0.2, 0.25) is 0 Å². The van der Waals surface area contributed by atoms with E-state index in [2.05, 4.69) is 15.0 Å². The van der Waals surface area contributed by atoms with Crippen LogP contribution >= 0.6 is 0 Å². The van der Waals surface area contributed by atoms with Gasteiger partial charge in [0, 0.05) is 0 Å². The lowest BCUT2D eigenvalue weighted by molar-refractivity contribution is -0.139. The van der Waals surface area contributed by atoms with Crippen LogP contribution in [0, 0.1) is 0 Å². The van der Waals surface area contributed by atoms with E-state index < -0.39 is 5.97 Å². The van der Waals surface area contributed by atoms with Gasteiger partial charge in [-0.1, -0.05) is 0 Å². The Bertz CT molecular complexity index is 268. The van der Waals surface area contributed by atoms with E-state index in [0.717, 1.165) is 0 Å². The largest absolute Gasteiger partial charge is 0.469 e. The summed E-state index contributed by atoms with van der Waals surface area (Å²) in [6.07, 6.45) is 2.77. The third kappa shape index (κ3) is 1.91. The molecule has 1 rings (SSSR count). The van der Waals surface area contributed by atoms with Crippen LogP contribution in [-0.4, -0.2) is 25.3 Å². The normalized spacial score (nSPS) is 18.1. The number of amides is 1. The minimum absolute atomic E-state index is 0.0661. The van der Waals surface area contributed by atoms with Crippen molar-refractivity contribution in [1.82, 2.24) is 5.32 Å². The second-order valence-corrected chi connectivity index (χ2v) is 2.10. The van der Waals surface area contributed by atoms with E-state index in [4.69, 9.17) is 0 Å². The molecule has 0 radical (unpaired) electrons. The third-order valence-corrected chi connectivity index (χ3v) is 1.32. The Morgan fingerprint density at radius 2 is 2.58 bits per heavy atom. The highest BCUT2D eigenvalue weighted by Crippen LogP contribution is 2.02. The first-order valence-corrected chi connectivity index (χ1v) is 3.34. The zero-order chi connectivity index (χ0) is 8.97. The molecule has 1 N–H and O–H groups in total. The maximum atomic E-state index is 10.8. The maximum absolute atomic E-state index is 10.8. The third-order valence-electron chi connectivity index (χ3n) is 1.32. The van der Waals surface area contributed by atoms with Gasteiger partial charge in [0.25, 0.3) is 5.91 Å². The van der Waals surface area contributed by atoms with E-state index in [1.165, 1.54) is 19.5 Å². The number of hydrogen-bond donors (Lipinski definition) is 1. The molecule has 0 saturated carbocycles. The monoisotopic (exact) mass is 168 g/mol. The number of nitrogens with one attached hydrogen (secondary N) is 1. The van der Waals surface area contributed by atoms with Crippen molar-refractivity contribution in [2.45, 2.75) is 6.42 Å². The summed E-state index contributed by atoms with van der Waals surface area (Å²) in [5.41, 5.74) is 0.250. The number of aliphatic imine (C=N–C) groups is 1. The molecule has 0 aromatic carbocycles. The maximum Gasteiger partial charge on any atom is 0.309 e. The lowest BCUT2D eigenvalue weighted by Crippen LogP contribution is -2.15. The van der Waals surface area contributed by atoms with Crippen molar-refractivity contribution < 1.29 is 14.3 Å². The first-order chi connectivity index (χ1) is 5.74. The molecular weight excluding hydrogens is 160 g/mol. The molecule has 64 valence electrons. The second kappa shape index (κ2) is 3.66. The number of hydrogen-bond acceptors (Lipinski definition) is 4. The molecule has 0 aromatic heterocycles. The summed E-state index contributed by atoms with van der Waals surface area (Å²) < 4.78 is 4.38. The van der Waals surface area contributed by atoms with Crippen molar-refractivity contribution >= 4 is 18.2 Å². The number of carbonyl (C=O) groups is 2. The summed E-state index contributed by atoms with van der Waals surface area (Å²) >= 11 is 0. The molecule has 1 aliphatic heterocycles. The molecule has 0 unspecified atom stereocenters.